The molecule has 3 heteroatoms. The van der Waals surface area contributed by atoms with E-state index >= 15 is 0 Å². The van der Waals surface area contributed by atoms with Gasteiger partial charge in [0, 0.05) is 23.8 Å². The number of carbonyl (C=O) groups is 1. The first-order valence-electron chi connectivity index (χ1n) is 6.50. The smallest absolute Gasteiger partial charge is 0.227 e. The van der Waals surface area contributed by atoms with Crippen LogP contribution in [0.25, 0.3) is 0 Å². The first-order valence-corrected chi connectivity index (χ1v) is 6.50. The summed E-state index contributed by atoms with van der Waals surface area (Å²) < 4.78 is 0. The van der Waals surface area contributed by atoms with Crippen LogP contribution in [0.1, 0.15) is 31.2 Å². The van der Waals surface area contributed by atoms with Gasteiger partial charge in [0.15, 0.2) is 0 Å². The van der Waals surface area contributed by atoms with Crippen molar-refractivity contribution in [3.8, 4) is 0 Å². The third kappa shape index (κ3) is 2.14. The SMILES string of the molecule is O=C(Nc1ccc2c(c1)CCCN2)C1CCC1. The van der Waals surface area contributed by atoms with Crippen LogP contribution in [0.15, 0.2) is 18.2 Å². The van der Waals surface area contributed by atoms with Crippen LogP contribution in [0.5, 0.6) is 0 Å². The summed E-state index contributed by atoms with van der Waals surface area (Å²) in [7, 11) is 0. The van der Waals surface area contributed by atoms with Crippen molar-refractivity contribution >= 4 is 17.3 Å². The van der Waals surface area contributed by atoms with E-state index in [1.54, 1.807) is 0 Å². The molecule has 90 valence electrons. The van der Waals surface area contributed by atoms with Crippen LogP contribution in [0, 0.1) is 5.92 Å². The summed E-state index contributed by atoms with van der Waals surface area (Å²) in [5, 5.41) is 6.40. The lowest BCUT2D eigenvalue weighted by Gasteiger charge is -2.24. The summed E-state index contributed by atoms with van der Waals surface area (Å²) in [6, 6.07) is 6.18. The van der Waals surface area contributed by atoms with Gasteiger partial charge < -0.3 is 10.6 Å². The molecule has 0 radical (unpaired) electrons. The molecule has 1 fully saturated rings. The highest BCUT2D eigenvalue weighted by Crippen LogP contribution is 2.29. The molecule has 0 saturated heterocycles. The molecule has 1 aromatic rings. The van der Waals surface area contributed by atoms with Crippen molar-refractivity contribution in [3.05, 3.63) is 23.8 Å². The zero-order valence-electron chi connectivity index (χ0n) is 9.96. The number of aryl methyl sites for hydroxylation is 1. The van der Waals surface area contributed by atoms with E-state index < -0.39 is 0 Å². The van der Waals surface area contributed by atoms with Crippen molar-refractivity contribution in [2.45, 2.75) is 32.1 Å². The molecule has 0 spiro atoms. The van der Waals surface area contributed by atoms with Crippen LogP contribution in [-0.4, -0.2) is 12.5 Å². The quantitative estimate of drug-likeness (QED) is 0.820. The molecule has 3 rings (SSSR count). The van der Waals surface area contributed by atoms with Crippen molar-refractivity contribution < 1.29 is 4.79 Å². The van der Waals surface area contributed by atoms with E-state index in [0.29, 0.717) is 0 Å². The summed E-state index contributed by atoms with van der Waals surface area (Å²) in [5.41, 5.74) is 3.49. The van der Waals surface area contributed by atoms with E-state index in [-0.39, 0.29) is 11.8 Å². The Hall–Kier alpha value is -1.51. The maximum atomic E-state index is 11.8. The molecule has 1 aliphatic heterocycles. The highest BCUT2D eigenvalue weighted by atomic mass is 16.1. The Kier molecular flexibility index (Phi) is 2.75. The Morgan fingerprint density at radius 2 is 2.18 bits per heavy atom. The molecule has 1 aliphatic carbocycles. The summed E-state index contributed by atoms with van der Waals surface area (Å²) in [4.78, 5) is 11.8. The highest BCUT2D eigenvalue weighted by molar-refractivity contribution is 5.93. The van der Waals surface area contributed by atoms with Gasteiger partial charge in [-0.2, -0.15) is 0 Å². The second-order valence-corrected chi connectivity index (χ2v) is 5.02. The lowest BCUT2D eigenvalue weighted by molar-refractivity contribution is -0.122. The predicted molar refractivity (Wildman–Crippen MR) is 69.2 cm³/mol. The van der Waals surface area contributed by atoms with E-state index in [2.05, 4.69) is 22.8 Å². The van der Waals surface area contributed by atoms with Gasteiger partial charge in [0.1, 0.15) is 0 Å². The highest BCUT2D eigenvalue weighted by Gasteiger charge is 2.25. The van der Waals surface area contributed by atoms with E-state index in [9.17, 15) is 4.79 Å². The van der Waals surface area contributed by atoms with Crippen molar-refractivity contribution in [1.29, 1.82) is 0 Å². The fourth-order valence-electron chi connectivity index (χ4n) is 2.47. The van der Waals surface area contributed by atoms with E-state index in [1.165, 1.54) is 24.1 Å². The normalized spacial score (nSPS) is 18.8. The van der Waals surface area contributed by atoms with Crippen LogP contribution in [0.3, 0.4) is 0 Å². The predicted octanol–water partition coefficient (Wildman–Crippen LogP) is 2.78. The lowest BCUT2D eigenvalue weighted by Crippen LogP contribution is -2.28. The summed E-state index contributed by atoms with van der Waals surface area (Å²) >= 11 is 0. The minimum atomic E-state index is 0.194. The van der Waals surface area contributed by atoms with Crippen LogP contribution < -0.4 is 10.6 Å². The monoisotopic (exact) mass is 230 g/mol. The molecule has 0 bridgehead atoms. The maximum Gasteiger partial charge on any atom is 0.227 e. The number of hydrogen-bond acceptors (Lipinski definition) is 2. The Morgan fingerprint density at radius 1 is 1.29 bits per heavy atom. The molecule has 0 unspecified atom stereocenters. The number of anilines is 2. The number of hydrogen-bond donors (Lipinski definition) is 2. The zero-order valence-corrected chi connectivity index (χ0v) is 9.96. The number of rotatable bonds is 2. The number of carbonyl (C=O) groups excluding carboxylic acids is 1. The summed E-state index contributed by atoms with van der Waals surface area (Å²) in [6.45, 7) is 1.06. The van der Waals surface area contributed by atoms with Gasteiger partial charge in [0.25, 0.3) is 0 Å². The third-order valence-corrected chi connectivity index (χ3v) is 3.79. The summed E-state index contributed by atoms with van der Waals surface area (Å²) in [6.07, 6.45) is 5.59. The van der Waals surface area contributed by atoms with Crippen molar-refractivity contribution in [2.75, 3.05) is 17.2 Å². The number of nitrogens with one attached hydrogen (secondary N) is 2. The first-order chi connectivity index (χ1) is 8.33. The number of amides is 1. The Bertz CT molecular complexity index is 438. The van der Waals surface area contributed by atoms with Crippen LogP contribution >= 0.6 is 0 Å². The second kappa shape index (κ2) is 4.40. The van der Waals surface area contributed by atoms with E-state index in [1.807, 2.05) is 6.07 Å². The van der Waals surface area contributed by atoms with Gasteiger partial charge in [0.05, 0.1) is 0 Å². The van der Waals surface area contributed by atoms with Gasteiger partial charge in [-0.05, 0) is 49.4 Å². The van der Waals surface area contributed by atoms with Gasteiger partial charge in [-0.25, -0.2) is 0 Å². The maximum absolute atomic E-state index is 11.8. The molecule has 2 N–H and O–H groups in total. The Balaban J connectivity index is 1.72. The van der Waals surface area contributed by atoms with Crippen molar-refractivity contribution in [3.63, 3.8) is 0 Å². The van der Waals surface area contributed by atoms with Gasteiger partial charge in [-0.1, -0.05) is 6.42 Å². The van der Waals surface area contributed by atoms with Crippen LogP contribution in [0.2, 0.25) is 0 Å². The third-order valence-electron chi connectivity index (χ3n) is 3.79. The average molecular weight is 230 g/mol. The molecule has 17 heavy (non-hydrogen) atoms. The molecule has 1 amide bonds. The minimum absolute atomic E-state index is 0.194. The number of fused-ring (bicyclic) bond motifs is 1. The standard InChI is InChI=1S/C14H18N2O/c17-14(10-3-1-4-10)16-12-6-7-13-11(9-12)5-2-8-15-13/h6-7,9-10,15H,1-5,8H2,(H,16,17). The van der Waals surface area contributed by atoms with Gasteiger partial charge >= 0.3 is 0 Å². The molecule has 3 nitrogen and oxygen atoms in total. The molecular formula is C14H18N2O. The molecule has 1 saturated carbocycles. The fraction of sp³-hybridized carbons (Fsp3) is 0.500. The molecule has 1 heterocycles. The topological polar surface area (TPSA) is 41.1 Å². The first kappa shape index (κ1) is 10.6. The molecule has 2 aliphatic rings. The molecule has 0 aromatic heterocycles. The largest absolute Gasteiger partial charge is 0.385 e. The molecule has 0 atom stereocenters. The lowest BCUT2D eigenvalue weighted by atomic mass is 9.85. The molecule has 1 aromatic carbocycles. The number of benzene rings is 1. The van der Waals surface area contributed by atoms with Crippen LogP contribution in [0.4, 0.5) is 11.4 Å². The Morgan fingerprint density at radius 3 is 2.94 bits per heavy atom. The van der Waals surface area contributed by atoms with E-state index in [0.717, 1.165) is 31.5 Å². The second-order valence-electron chi connectivity index (χ2n) is 5.02. The van der Waals surface area contributed by atoms with Gasteiger partial charge in [-0.15, -0.1) is 0 Å². The summed E-state index contributed by atoms with van der Waals surface area (Å²) in [5.74, 6) is 0.448. The van der Waals surface area contributed by atoms with E-state index in [4.69, 9.17) is 0 Å². The Labute approximate surface area is 102 Å². The van der Waals surface area contributed by atoms with Crippen molar-refractivity contribution in [2.24, 2.45) is 5.92 Å². The van der Waals surface area contributed by atoms with Crippen molar-refractivity contribution in [1.82, 2.24) is 0 Å². The van der Waals surface area contributed by atoms with Crippen LogP contribution in [-0.2, 0) is 11.2 Å². The fourth-order valence-corrected chi connectivity index (χ4v) is 2.47. The average Bonchev–Trinajstić information content (AvgIpc) is 2.26. The minimum Gasteiger partial charge on any atom is -0.385 e. The van der Waals surface area contributed by atoms with Gasteiger partial charge in [0.2, 0.25) is 5.91 Å². The molecular weight excluding hydrogens is 212 g/mol. The van der Waals surface area contributed by atoms with Gasteiger partial charge in [-0.3, -0.25) is 4.79 Å². The zero-order chi connectivity index (χ0) is 11.7.